The molecule has 2 aromatic rings. The molecular weight excluding hydrogens is 385 g/mol. The van der Waals surface area contributed by atoms with Crippen LogP contribution in [0, 0.1) is 5.82 Å². The van der Waals surface area contributed by atoms with E-state index < -0.39 is 5.82 Å². The van der Waals surface area contributed by atoms with E-state index >= 15 is 0 Å². The standard InChI is InChI=1S/C17H18BrClFNO2/c1-3-22-16-8-11(7-13(18)17(16)23-4-2)10-21-12-5-6-15(20)14(19)9-12/h5-9,21H,3-4,10H2,1-2H3. The van der Waals surface area contributed by atoms with Gasteiger partial charge in [0.15, 0.2) is 11.5 Å². The molecule has 0 spiro atoms. The predicted molar refractivity (Wildman–Crippen MR) is 95.2 cm³/mol. The maximum Gasteiger partial charge on any atom is 0.175 e. The van der Waals surface area contributed by atoms with Crippen molar-refractivity contribution < 1.29 is 13.9 Å². The van der Waals surface area contributed by atoms with E-state index in [-0.39, 0.29) is 5.02 Å². The summed E-state index contributed by atoms with van der Waals surface area (Å²) in [6, 6.07) is 8.44. The normalized spacial score (nSPS) is 10.5. The van der Waals surface area contributed by atoms with Crippen LogP contribution < -0.4 is 14.8 Å². The van der Waals surface area contributed by atoms with Crippen molar-refractivity contribution in [1.82, 2.24) is 0 Å². The molecule has 124 valence electrons. The van der Waals surface area contributed by atoms with E-state index in [1.807, 2.05) is 26.0 Å². The molecule has 0 unspecified atom stereocenters. The SMILES string of the molecule is CCOc1cc(CNc2ccc(F)c(Cl)c2)cc(Br)c1OCC. The molecule has 2 rings (SSSR count). The quantitative estimate of drug-likeness (QED) is 0.649. The number of halogens is 3. The minimum Gasteiger partial charge on any atom is -0.490 e. The highest BCUT2D eigenvalue weighted by molar-refractivity contribution is 9.10. The first-order chi connectivity index (χ1) is 11.0. The summed E-state index contributed by atoms with van der Waals surface area (Å²) in [6.07, 6.45) is 0. The molecule has 0 saturated heterocycles. The number of ether oxygens (including phenoxy) is 2. The Morgan fingerprint density at radius 2 is 1.87 bits per heavy atom. The Hall–Kier alpha value is -1.46. The average Bonchev–Trinajstić information content (AvgIpc) is 2.52. The van der Waals surface area contributed by atoms with Crippen LogP contribution in [0.1, 0.15) is 19.4 Å². The van der Waals surface area contributed by atoms with Crippen LogP contribution in [-0.2, 0) is 6.54 Å². The molecule has 2 aromatic carbocycles. The van der Waals surface area contributed by atoms with Gasteiger partial charge in [-0.05, 0) is 65.7 Å². The van der Waals surface area contributed by atoms with Crippen LogP contribution in [0.15, 0.2) is 34.8 Å². The van der Waals surface area contributed by atoms with Crippen molar-refractivity contribution in [1.29, 1.82) is 0 Å². The molecule has 0 amide bonds. The van der Waals surface area contributed by atoms with Crippen LogP contribution in [0.4, 0.5) is 10.1 Å². The maximum atomic E-state index is 13.2. The Morgan fingerprint density at radius 3 is 2.52 bits per heavy atom. The van der Waals surface area contributed by atoms with Gasteiger partial charge in [-0.1, -0.05) is 11.6 Å². The van der Waals surface area contributed by atoms with Crippen molar-refractivity contribution in [3.63, 3.8) is 0 Å². The summed E-state index contributed by atoms with van der Waals surface area (Å²) < 4.78 is 25.3. The smallest absolute Gasteiger partial charge is 0.175 e. The Kier molecular flexibility index (Phi) is 6.54. The zero-order chi connectivity index (χ0) is 16.8. The summed E-state index contributed by atoms with van der Waals surface area (Å²) in [5.41, 5.74) is 1.75. The topological polar surface area (TPSA) is 30.5 Å². The second kappa shape index (κ2) is 8.41. The van der Waals surface area contributed by atoms with Gasteiger partial charge in [-0.25, -0.2) is 4.39 Å². The van der Waals surface area contributed by atoms with Crippen LogP contribution in [0.2, 0.25) is 5.02 Å². The third kappa shape index (κ3) is 4.75. The number of anilines is 1. The molecular formula is C17H18BrClFNO2. The van der Waals surface area contributed by atoms with Gasteiger partial charge in [0, 0.05) is 12.2 Å². The molecule has 0 saturated carbocycles. The van der Waals surface area contributed by atoms with Crippen LogP contribution in [-0.4, -0.2) is 13.2 Å². The summed E-state index contributed by atoms with van der Waals surface area (Å²) >= 11 is 9.30. The van der Waals surface area contributed by atoms with Crippen molar-refractivity contribution in [2.75, 3.05) is 18.5 Å². The first-order valence-electron chi connectivity index (χ1n) is 7.32. The molecule has 0 aromatic heterocycles. The van der Waals surface area contributed by atoms with Crippen LogP contribution in [0.25, 0.3) is 0 Å². The van der Waals surface area contributed by atoms with E-state index in [1.54, 1.807) is 12.1 Å². The van der Waals surface area contributed by atoms with Crippen LogP contribution >= 0.6 is 27.5 Å². The number of hydrogen-bond acceptors (Lipinski definition) is 3. The van der Waals surface area contributed by atoms with Crippen molar-refractivity contribution in [3.8, 4) is 11.5 Å². The molecule has 6 heteroatoms. The van der Waals surface area contributed by atoms with Gasteiger partial charge in [0.05, 0.1) is 22.7 Å². The van der Waals surface area contributed by atoms with E-state index in [0.717, 1.165) is 15.7 Å². The van der Waals surface area contributed by atoms with Gasteiger partial charge in [0.25, 0.3) is 0 Å². The largest absolute Gasteiger partial charge is 0.490 e. The average molecular weight is 403 g/mol. The van der Waals surface area contributed by atoms with E-state index in [4.69, 9.17) is 21.1 Å². The number of rotatable bonds is 7. The summed E-state index contributed by atoms with van der Waals surface area (Å²) in [5.74, 6) is 0.959. The maximum absolute atomic E-state index is 13.2. The lowest BCUT2D eigenvalue weighted by Gasteiger charge is -2.15. The molecule has 0 atom stereocenters. The first kappa shape index (κ1) is 17.9. The summed E-state index contributed by atoms with van der Waals surface area (Å²) in [5, 5.41) is 3.30. The Labute approximate surface area is 148 Å². The molecule has 1 N–H and O–H groups in total. The molecule has 0 bridgehead atoms. The molecule has 3 nitrogen and oxygen atoms in total. The molecule has 0 aliphatic heterocycles. The first-order valence-corrected chi connectivity index (χ1v) is 8.49. The van der Waals surface area contributed by atoms with Gasteiger partial charge in [-0.2, -0.15) is 0 Å². The van der Waals surface area contributed by atoms with Crippen molar-refractivity contribution >= 4 is 33.2 Å². The number of benzene rings is 2. The van der Waals surface area contributed by atoms with Crippen LogP contribution in [0.3, 0.4) is 0 Å². The Bertz CT molecular complexity index is 682. The highest BCUT2D eigenvalue weighted by Gasteiger charge is 2.12. The van der Waals surface area contributed by atoms with Crippen molar-refractivity contribution in [2.24, 2.45) is 0 Å². The lowest BCUT2D eigenvalue weighted by molar-refractivity contribution is 0.286. The molecule has 0 aliphatic rings. The van der Waals surface area contributed by atoms with E-state index in [0.29, 0.717) is 31.3 Å². The summed E-state index contributed by atoms with van der Waals surface area (Å²) in [4.78, 5) is 0. The fourth-order valence-corrected chi connectivity index (χ4v) is 2.87. The predicted octanol–water partition coefficient (Wildman–Crippen LogP) is 5.65. The minimum atomic E-state index is -0.431. The molecule has 0 aliphatic carbocycles. The van der Waals surface area contributed by atoms with Gasteiger partial charge in [-0.15, -0.1) is 0 Å². The van der Waals surface area contributed by atoms with Gasteiger partial charge in [0.1, 0.15) is 5.82 Å². The highest BCUT2D eigenvalue weighted by atomic mass is 79.9. The number of nitrogens with one attached hydrogen (secondary N) is 1. The third-order valence-corrected chi connectivity index (χ3v) is 3.95. The van der Waals surface area contributed by atoms with Gasteiger partial charge < -0.3 is 14.8 Å². The van der Waals surface area contributed by atoms with Gasteiger partial charge >= 0.3 is 0 Å². The fraction of sp³-hybridized carbons (Fsp3) is 0.294. The summed E-state index contributed by atoms with van der Waals surface area (Å²) in [7, 11) is 0. The van der Waals surface area contributed by atoms with Gasteiger partial charge in [-0.3, -0.25) is 0 Å². The zero-order valence-electron chi connectivity index (χ0n) is 13.0. The zero-order valence-corrected chi connectivity index (χ0v) is 15.3. The van der Waals surface area contributed by atoms with Crippen molar-refractivity contribution in [3.05, 3.63) is 51.2 Å². The van der Waals surface area contributed by atoms with E-state index in [2.05, 4.69) is 21.2 Å². The summed E-state index contributed by atoms with van der Waals surface area (Å²) in [6.45, 7) is 5.51. The van der Waals surface area contributed by atoms with Crippen LogP contribution in [0.5, 0.6) is 11.5 Å². The minimum absolute atomic E-state index is 0.0953. The molecule has 0 fully saturated rings. The second-order valence-electron chi connectivity index (χ2n) is 4.75. The fourth-order valence-electron chi connectivity index (χ4n) is 2.08. The molecule has 23 heavy (non-hydrogen) atoms. The Morgan fingerprint density at radius 1 is 1.13 bits per heavy atom. The van der Waals surface area contributed by atoms with E-state index in [9.17, 15) is 4.39 Å². The highest BCUT2D eigenvalue weighted by Crippen LogP contribution is 2.37. The number of hydrogen-bond donors (Lipinski definition) is 1. The lowest BCUT2D eigenvalue weighted by atomic mass is 10.2. The van der Waals surface area contributed by atoms with E-state index in [1.165, 1.54) is 6.07 Å². The Balaban J connectivity index is 2.17. The lowest BCUT2D eigenvalue weighted by Crippen LogP contribution is -2.03. The second-order valence-corrected chi connectivity index (χ2v) is 6.01. The monoisotopic (exact) mass is 401 g/mol. The van der Waals surface area contributed by atoms with Gasteiger partial charge in [0.2, 0.25) is 0 Å². The van der Waals surface area contributed by atoms with Crippen molar-refractivity contribution in [2.45, 2.75) is 20.4 Å². The molecule has 0 heterocycles. The molecule has 0 radical (unpaired) electrons. The third-order valence-electron chi connectivity index (χ3n) is 3.07.